The van der Waals surface area contributed by atoms with Crippen molar-refractivity contribution in [3.63, 3.8) is 0 Å². The summed E-state index contributed by atoms with van der Waals surface area (Å²) < 4.78 is 68.3. The molecule has 0 aliphatic heterocycles. The van der Waals surface area contributed by atoms with Crippen LogP contribution in [-0.4, -0.2) is 96.7 Å². The molecule has 0 aliphatic rings. The molecule has 0 aromatic carbocycles. The molecule has 17 nitrogen and oxygen atoms in total. The third kappa shape index (κ3) is 66.7. The zero-order valence-corrected chi connectivity index (χ0v) is 61.3. The van der Waals surface area contributed by atoms with Crippen molar-refractivity contribution in [2.24, 2.45) is 0 Å². The molecule has 0 fully saturated rings. The number of esters is 4. The number of aliphatic hydroxyl groups is 1. The Morgan fingerprint density at radius 2 is 0.435 bits per heavy atom. The van der Waals surface area contributed by atoms with Crippen LogP contribution in [0, 0.1) is 0 Å². The summed E-state index contributed by atoms with van der Waals surface area (Å²) in [6.07, 6.45) is 56.9. The highest BCUT2D eigenvalue weighted by molar-refractivity contribution is 7.47. The van der Waals surface area contributed by atoms with Gasteiger partial charge in [0.25, 0.3) is 0 Å². The van der Waals surface area contributed by atoms with E-state index in [2.05, 4.69) is 27.7 Å². The molecule has 3 N–H and O–H groups in total. The zero-order valence-electron chi connectivity index (χ0n) is 59.5. The largest absolute Gasteiger partial charge is 0.472 e. The molecule has 0 heterocycles. The first-order valence-corrected chi connectivity index (χ1v) is 41.3. The second-order valence-electron chi connectivity index (χ2n) is 26.3. The minimum Gasteiger partial charge on any atom is -0.462 e. The maximum absolute atomic E-state index is 13.1. The van der Waals surface area contributed by atoms with Crippen LogP contribution in [0.2, 0.25) is 0 Å². The predicted octanol–water partition coefficient (Wildman–Crippen LogP) is 21.4. The van der Waals surface area contributed by atoms with Gasteiger partial charge in [-0.3, -0.25) is 37.3 Å². The van der Waals surface area contributed by atoms with Gasteiger partial charge in [0.15, 0.2) is 12.2 Å². The van der Waals surface area contributed by atoms with E-state index in [1.165, 1.54) is 218 Å². The molecule has 0 radical (unpaired) electrons. The van der Waals surface area contributed by atoms with E-state index >= 15 is 0 Å². The van der Waals surface area contributed by atoms with Gasteiger partial charge in [0.1, 0.15) is 19.3 Å². The second-order valence-corrected chi connectivity index (χ2v) is 29.2. The van der Waals surface area contributed by atoms with Gasteiger partial charge in [0, 0.05) is 25.7 Å². The summed E-state index contributed by atoms with van der Waals surface area (Å²) in [7, 11) is -9.90. The SMILES string of the molecule is CCCCCCCCCCCCCCCCCCCCCCC(=O)O[C@H](COC(=O)CCCCCCCCCCCCCCC)COP(=O)(O)OC[C@@H](O)COP(=O)(O)OC[C@@H](COC(=O)CCCCCCCCCCC)OC(=O)CCCCCCCCCCCC. The highest BCUT2D eigenvalue weighted by Crippen LogP contribution is 2.45. The van der Waals surface area contributed by atoms with Crippen LogP contribution >= 0.6 is 15.6 Å². The monoisotopic (exact) mass is 1350 g/mol. The molecule has 5 atom stereocenters. The molecule has 0 aromatic heterocycles. The highest BCUT2D eigenvalue weighted by Gasteiger charge is 2.30. The maximum atomic E-state index is 13.1. The van der Waals surface area contributed by atoms with E-state index in [1.54, 1.807) is 0 Å². The van der Waals surface area contributed by atoms with Gasteiger partial charge in [-0.25, -0.2) is 9.13 Å². The fraction of sp³-hybridized carbons (Fsp3) is 0.945. The Morgan fingerprint density at radius 3 is 0.641 bits per heavy atom. The van der Waals surface area contributed by atoms with Gasteiger partial charge in [0.05, 0.1) is 26.4 Å². The molecule has 0 amide bonds. The van der Waals surface area contributed by atoms with Crippen molar-refractivity contribution in [1.29, 1.82) is 0 Å². The first kappa shape index (κ1) is 90.1. The molecule has 546 valence electrons. The third-order valence-electron chi connectivity index (χ3n) is 17.1. The second kappa shape index (κ2) is 67.6. The average molecular weight is 1350 g/mol. The number of aliphatic hydroxyl groups excluding tert-OH is 1. The molecule has 0 bridgehead atoms. The number of phosphoric acid groups is 2. The lowest BCUT2D eigenvalue weighted by Gasteiger charge is -2.21. The molecule has 2 unspecified atom stereocenters. The molecule has 0 aromatic rings. The molecule has 0 spiro atoms. The Labute approximate surface area is 562 Å². The van der Waals surface area contributed by atoms with E-state index in [4.69, 9.17) is 37.0 Å². The topological polar surface area (TPSA) is 237 Å². The van der Waals surface area contributed by atoms with Gasteiger partial charge in [-0.1, -0.05) is 336 Å². The summed E-state index contributed by atoms with van der Waals surface area (Å²) in [5.74, 6) is -2.12. The van der Waals surface area contributed by atoms with E-state index in [1.807, 2.05) is 0 Å². The third-order valence-corrected chi connectivity index (χ3v) is 19.0. The van der Waals surface area contributed by atoms with Crippen LogP contribution in [0.25, 0.3) is 0 Å². The maximum Gasteiger partial charge on any atom is 0.472 e. The number of carbonyl (C=O) groups is 4. The summed E-state index contributed by atoms with van der Waals surface area (Å²) in [5.41, 5.74) is 0. The van der Waals surface area contributed by atoms with Crippen LogP contribution in [0.3, 0.4) is 0 Å². The summed E-state index contributed by atoms with van der Waals surface area (Å²) in [6.45, 7) is 4.94. The number of hydrogen-bond donors (Lipinski definition) is 3. The van der Waals surface area contributed by atoms with Crippen LogP contribution in [0.1, 0.15) is 387 Å². The number of ether oxygens (including phenoxy) is 4. The van der Waals surface area contributed by atoms with Gasteiger partial charge in [-0.05, 0) is 25.7 Å². The van der Waals surface area contributed by atoms with E-state index in [9.17, 15) is 43.2 Å². The highest BCUT2D eigenvalue weighted by atomic mass is 31.2. The van der Waals surface area contributed by atoms with Crippen LogP contribution in [0.4, 0.5) is 0 Å². The lowest BCUT2D eigenvalue weighted by Crippen LogP contribution is -2.30. The minimum absolute atomic E-state index is 0.107. The Balaban J connectivity index is 5.18. The number of hydrogen-bond acceptors (Lipinski definition) is 15. The summed E-state index contributed by atoms with van der Waals surface area (Å²) in [6, 6.07) is 0. The van der Waals surface area contributed by atoms with Gasteiger partial charge in [-0.15, -0.1) is 0 Å². The Hall–Kier alpha value is -1.94. The lowest BCUT2D eigenvalue weighted by atomic mass is 10.0. The molecule has 0 rings (SSSR count). The van der Waals surface area contributed by atoms with E-state index in [0.29, 0.717) is 25.7 Å². The van der Waals surface area contributed by atoms with Crippen LogP contribution < -0.4 is 0 Å². The summed E-state index contributed by atoms with van der Waals surface area (Å²) >= 11 is 0. The van der Waals surface area contributed by atoms with Crippen LogP contribution in [0.15, 0.2) is 0 Å². The number of carbonyl (C=O) groups excluding carboxylic acids is 4. The Bertz CT molecular complexity index is 1760. The van der Waals surface area contributed by atoms with Gasteiger partial charge < -0.3 is 33.8 Å². The van der Waals surface area contributed by atoms with Crippen molar-refractivity contribution < 1.29 is 80.2 Å². The van der Waals surface area contributed by atoms with Crippen LogP contribution in [-0.2, 0) is 65.4 Å². The molecule has 19 heteroatoms. The van der Waals surface area contributed by atoms with Crippen molar-refractivity contribution in [2.45, 2.75) is 406 Å². The van der Waals surface area contributed by atoms with Gasteiger partial charge in [0.2, 0.25) is 0 Å². The smallest absolute Gasteiger partial charge is 0.462 e. The predicted molar refractivity (Wildman–Crippen MR) is 372 cm³/mol. The number of unbranched alkanes of at least 4 members (excludes halogenated alkanes) is 48. The van der Waals surface area contributed by atoms with Crippen molar-refractivity contribution in [3.05, 3.63) is 0 Å². The molecular formula is C73H142O17P2. The van der Waals surface area contributed by atoms with E-state index in [-0.39, 0.29) is 25.7 Å². The van der Waals surface area contributed by atoms with Gasteiger partial charge >= 0.3 is 39.5 Å². The molecule has 92 heavy (non-hydrogen) atoms. The lowest BCUT2D eigenvalue weighted by molar-refractivity contribution is -0.161. The van der Waals surface area contributed by atoms with E-state index < -0.39 is 97.5 Å². The first-order valence-electron chi connectivity index (χ1n) is 38.3. The number of phosphoric ester groups is 2. The normalized spacial score (nSPS) is 13.9. The summed E-state index contributed by atoms with van der Waals surface area (Å²) in [5, 5.41) is 10.6. The summed E-state index contributed by atoms with van der Waals surface area (Å²) in [4.78, 5) is 72.6. The Kier molecular flexibility index (Phi) is 66.2. The molecule has 0 saturated heterocycles. The fourth-order valence-corrected chi connectivity index (χ4v) is 12.8. The molecular weight excluding hydrogens is 1210 g/mol. The molecule has 0 saturated carbocycles. The quantitative estimate of drug-likeness (QED) is 0.0222. The first-order chi connectivity index (χ1) is 44.7. The minimum atomic E-state index is -4.95. The average Bonchev–Trinajstić information content (AvgIpc) is 2.30. The number of rotatable bonds is 74. The van der Waals surface area contributed by atoms with Crippen LogP contribution in [0.5, 0.6) is 0 Å². The van der Waals surface area contributed by atoms with Crippen molar-refractivity contribution in [1.82, 2.24) is 0 Å². The standard InChI is InChI=1S/C73H142O17P2/c1-5-9-13-17-21-25-28-30-31-32-33-34-35-36-38-40-44-48-52-56-60-73(78)90-69(64-84-71(76)58-54-50-46-43-39-37-29-26-22-18-14-10-6-2)66-88-92(81,82)86-62-67(74)61-85-91(79,80)87-65-68(63-83-70(75)57-53-49-45-41-24-20-16-12-8-4)89-72(77)59-55-51-47-42-27-23-19-15-11-7-3/h67-69,74H,5-66H2,1-4H3,(H,79,80)(H,81,82)/t67-,68+,69+/m0/s1. The van der Waals surface area contributed by atoms with E-state index in [0.717, 1.165) is 89.9 Å². The van der Waals surface area contributed by atoms with Gasteiger partial charge in [-0.2, -0.15) is 0 Å². The fourth-order valence-electron chi connectivity index (χ4n) is 11.2. The van der Waals surface area contributed by atoms with Crippen molar-refractivity contribution in [2.75, 3.05) is 39.6 Å². The zero-order chi connectivity index (χ0) is 67.5. The Morgan fingerprint density at radius 1 is 0.261 bits per heavy atom. The van der Waals surface area contributed by atoms with Crippen molar-refractivity contribution >= 4 is 39.5 Å². The van der Waals surface area contributed by atoms with Crippen molar-refractivity contribution in [3.8, 4) is 0 Å². The molecule has 0 aliphatic carbocycles.